The summed E-state index contributed by atoms with van der Waals surface area (Å²) >= 11 is 0. The highest BCUT2D eigenvalue weighted by Crippen LogP contribution is 2.03. The minimum Gasteiger partial charge on any atom is -0.277 e. The van der Waals surface area contributed by atoms with Crippen LogP contribution in [0.2, 0.25) is 0 Å². The van der Waals surface area contributed by atoms with Crippen molar-refractivity contribution in [2.45, 2.75) is 12.8 Å². The Bertz CT molecular complexity index is 234. The lowest BCUT2D eigenvalue weighted by atomic mass is 10.3. The SMILES string of the molecule is O=C1CC(=O)N(CCCF)C(=O)N1. The quantitative estimate of drug-likeness (QED) is 0.624. The first-order valence-corrected chi connectivity index (χ1v) is 3.85. The van der Waals surface area contributed by atoms with Gasteiger partial charge < -0.3 is 0 Å². The summed E-state index contributed by atoms with van der Waals surface area (Å²) in [6.07, 6.45) is -0.231. The van der Waals surface area contributed by atoms with Gasteiger partial charge in [-0.05, 0) is 6.42 Å². The molecule has 0 radical (unpaired) electrons. The summed E-state index contributed by atoms with van der Waals surface area (Å²) in [6.45, 7) is -0.570. The molecule has 0 aromatic carbocycles. The van der Waals surface area contributed by atoms with Gasteiger partial charge in [-0.2, -0.15) is 0 Å². The summed E-state index contributed by atoms with van der Waals surface area (Å²) in [5.74, 6) is -1.17. The molecule has 0 aliphatic carbocycles. The van der Waals surface area contributed by atoms with Crippen LogP contribution in [-0.4, -0.2) is 36.0 Å². The number of imide groups is 2. The molecule has 5 nitrogen and oxygen atoms in total. The van der Waals surface area contributed by atoms with E-state index in [1.165, 1.54) is 0 Å². The van der Waals surface area contributed by atoms with Gasteiger partial charge in [0.25, 0.3) is 0 Å². The van der Waals surface area contributed by atoms with Gasteiger partial charge in [0.1, 0.15) is 6.42 Å². The van der Waals surface area contributed by atoms with Crippen molar-refractivity contribution in [1.82, 2.24) is 10.2 Å². The first-order chi connectivity index (χ1) is 6.15. The smallest absolute Gasteiger partial charge is 0.277 e. The summed E-state index contributed by atoms with van der Waals surface area (Å²) in [4.78, 5) is 33.5. The molecule has 0 saturated carbocycles. The lowest BCUT2D eigenvalue weighted by Gasteiger charge is -2.23. The van der Waals surface area contributed by atoms with Crippen molar-refractivity contribution in [3.05, 3.63) is 0 Å². The summed E-state index contributed by atoms with van der Waals surface area (Å²) in [5.41, 5.74) is 0. The summed E-state index contributed by atoms with van der Waals surface area (Å²) < 4.78 is 11.7. The molecule has 0 bridgehead atoms. The second-order valence-electron chi connectivity index (χ2n) is 2.62. The van der Waals surface area contributed by atoms with E-state index >= 15 is 0 Å². The van der Waals surface area contributed by atoms with E-state index in [9.17, 15) is 18.8 Å². The van der Waals surface area contributed by atoms with Gasteiger partial charge in [-0.3, -0.25) is 24.2 Å². The molecule has 0 spiro atoms. The van der Waals surface area contributed by atoms with Gasteiger partial charge in [-0.25, -0.2) is 4.79 Å². The molecule has 1 saturated heterocycles. The Hall–Kier alpha value is -1.46. The van der Waals surface area contributed by atoms with E-state index < -0.39 is 24.5 Å². The number of nitrogens with one attached hydrogen (secondary N) is 1. The Morgan fingerprint density at radius 2 is 2.08 bits per heavy atom. The molecule has 1 aliphatic rings. The lowest BCUT2D eigenvalue weighted by Crippen LogP contribution is -2.52. The zero-order chi connectivity index (χ0) is 9.84. The number of hydrogen-bond acceptors (Lipinski definition) is 3. The number of carbonyl (C=O) groups excluding carboxylic acids is 3. The van der Waals surface area contributed by atoms with Gasteiger partial charge in [-0.15, -0.1) is 0 Å². The van der Waals surface area contributed by atoms with Crippen molar-refractivity contribution in [3.63, 3.8) is 0 Å². The third-order valence-electron chi connectivity index (χ3n) is 1.62. The van der Waals surface area contributed by atoms with Crippen LogP contribution in [0.3, 0.4) is 0 Å². The molecular weight excluding hydrogens is 179 g/mol. The fraction of sp³-hybridized carbons (Fsp3) is 0.571. The van der Waals surface area contributed by atoms with E-state index in [-0.39, 0.29) is 19.4 Å². The highest BCUT2D eigenvalue weighted by Gasteiger charge is 2.29. The number of barbiturate groups is 1. The maximum atomic E-state index is 11.7. The number of nitrogens with zero attached hydrogens (tertiary/aromatic N) is 1. The Balaban J connectivity index is 2.56. The molecule has 1 rings (SSSR count). The highest BCUT2D eigenvalue weighted by atomic mass is 19.1. The average Bonchev–Trinajstić information content (AvgIpc) is 2.02. The van der Waals surface area contributed by atoms with Crippen LogP contribution < -0.4 is 5.32 Å². The summed E-state index contributed by atoms with van der Waals surface area (Å²) in [5, 5.41) is 1.97. The number of carbonyl (C=O) groups is 3. The average molecular weight is 188 g/mol. The van der Waals surface area contributed by atoms with Gasteiger partial charge in [0.05, 0.1) is 6.67 Å². The molecule has 72 valence electrons. The fourth-order valence-electron chi connectivity index (χ4n) is 1.02. The zero-order valence-electron chi connectivity index (χ0n) is 6.88. The third-order valence-corrected chi connectivity index (χ3v) is 1.62. The van der Waals surface area contributed by atoms with Crippen molar-refractivity contribution in [3.8, 4) is 0 Å². The maximum absolute atomic E-state index is 11.7. The monoisotopic (exact) mass is 188 g/mol. The number of alkyl halides is 1. The van der Waals surface area contributed by atoms with E-state index in [1.807, 2.05) is 5.32 Å². The second-order valence-corrected chi connectivity index (χ2v) is 2.62. The van der Waals surface area contributed by atoms with Crippen LogP contribution in [0, 0.1) is 0 Å². The normalized spacial score (nSPS) is 17.6. The van der Waals surface area contributed by atoms with Crippen LogP contribution in [0.15, 0.2) is 0 Å². The van der Waals surface area contributed by atoms with Crippen LogP contribution in [-0.2, 0) is 9.59 Å². The zero-order valence-corrected chi connectivity index (χ0v) is 6.88. The number of rotatable bonds is 3. The van der Waals surface area contributed by atoms with Crippen molar-refractivity contribution >= 4 is 17.8 Å². The van der Waals surface area contributed by atoms with E-state index in [0.717, 1.165) is 4.90 Å². The molecule has 1 heterocycles. The van der Waals surface area contributed by atoms with Gasteiger partial charge in [-0.1, -0.05) is 0 Å². The number of amides is 4. The Kier molecular flexibility index (Phi) is 2.94. The van der Waals surface area contributed by atoms with E-state index in [2.05, 4.69) is 0 Å². The van der Waals surface area contributed by atoms with Crippen LogP contribution >= 0.6 is 0 Å². The largest absolute Gasteiger partial charge is 0.330 e. The molecule has 0 aromatic heterocycles. The Morgan fingerprint density at radius 1 is 1.38 bits per heavy atom. The number of halogens is 1. The van der Waals surface area contributed by atoms with Crippen molar-refractivity contribution in [1.29, 1.82) is 0 Å². The molecule has 0 unspecified atom stereocenters. The van der Waals surface area contributed by atoms with Gasteiger partial charge in [0.15, 0.2) is 0 Å². The molecule has 6 heteroatoms. The number of urea groups is 1. The molecule has 0 atom stereocenters. The van der Waals surface area contributed by atoms with E-state index in [0.29, 0.717) is 0 Å². The van der Waals surface area contributed by atoms with Crippen LogP contribution in [0.25, 0.3) is 0 Å². The van der Waals surface area contributed by atoms with Gasteiger partial charge in [0.2, 0.25) is 11.8 Å². The third kappa shape index (κ3) is 2.24. The Labute approximate surface area is 73.9 Å². The predicted molar refractivity (Wildman–Crippen MR) is 40.5 cm³/mol. The molecular formula is C7H9FN2O3. The summed E-state index contributed by atoms with van der Waals surface area (Å²) in [6, 6.07) is -0.755. The van der Waals surface area contributed by atoms with Gasteiger partial charge >= 0.3 is 6.03 Å². The highest BCUT2D eigenvalue weighted by molar-refractivity contribution is 6.14. The minimum absolute atomic E-state index is 0.0223. The fourth-order valence-corrected chi connectivity index (χ4v) is 1.02. The van der Waals surface area contributed by atoms with Crippen molar-refractivity contribution in [2.75, 3.05) is 13.2 Å². The van der Waals surface area contributed by atoms with Gasteiger partial charge in [0, 0.05) is 6.54 Å². The van der Waals surface area contributed by atoms with Crippen LogP contribution in [0.5, 0.6) is 0 Å². The second kappa shape index (κ2) is 3.97. The van der Waals surface area contributed by atoms with Crippen LogP contribution in [0.1, 0.15) is 12.8 Å². The first kappa shape index (κ1) is 9.63. The predicted octanol–water partition coefficient (Wildman–Crippen LogP) is -0.185. The Morgan fingerprint density at radius 3 is 2.62 bits per heavy atom. The maximum Gasteiger partial charge on any atom is 0.330 e. The molecule has 13 heavy (non-hydrogen) atoms. The van der Waals surface area contributed by atoms with Crippen molar-refractivity contribution < 1.29 is 18.8 Å². The molecule has 1 N–H and O–H groups in total. The van der Waals surface area contributed by atoms with Crippen LogP contribution in [0.4, 0.5) is 9.18 Å². The minimum atomic E-state index is -0.755. The molecule has 1 fully saturated rings. The number of hydrogen-bond donors (Lipinski definition) is 1. The van der Waals surface area contributed by atoms with E-state index in [4.69, 9.17) is 0 Å². The topological polar surface area (TPSA) is 66.5 Å². The standard InChI is InChI=1S/C7H9FN2O3/c8-2-1-3-10-6(12)4-5(11)9-7(10)13/h1-4H2,(H,9,11,13). The summed E-state index contributed by atoms with van der Waals surface area (Å²) in [7, 11) is 0. The first-order valence-electron chi connectivity index (χ1n) is 3.85. The molecule has 0 aromatic rings. The molecule has 4 amide bonds. The van der Waals surface area contributed by atoms with E-state index in [1.54, 1.807) is 0 Å². The van der Waals surface area contributed by atoms with Crippen molar-refractivity contribution in [2.24, 2.45) is 0 Å². The lowest BCUT2D eigenvalue weighted by molar-refractivity contribution is -0.136. The molecule has 1 aliphatic heterocycles.